The van der Waals surface area contributed by atoms with Crippen LogP contribution in [0.15, 0.2) is 24.3 Å². The Morgan fingerprint density at radius 1 is 1.41 bits per heavy atom. The van der Waals surface area contributed by atoms with Crippen LogP contribution < -0.4 is 0 Å². The van der Waals surface area contributed by atoms with Crippen molar-refractivity contribution in [3.63, 3.8) is 0 Å². The number of halogens is 1. The molecule has 0 bridgehead atoms. The molecule has 94 valence electrons. The lowest BCUT2D eigenvalue weighted by Gasteiger charge is -2.20. The summed E-state index contributed by atoms with van der Waals surface area (Å²) in [7, 11) is 0. The monoisotopic (exact) mass is 240 g/mol. The minimum atomic E-state index is -1.07. The topological polar surface area (TPSA) is 57.5 Å². The largest absolute Gasteiger partial charge is 0.481 e. The number of benzene rings is 1. The standard InChI is InChI=1S/C13H17FO3/c1-13(2,17)8-7-10(12(15)16)9-5-3-4-6-11(9)14/h3-6,10,17H,7-8H2,1-2H3,(H,15,16). The molecule has 0 aliphatic heterocycles. The molecule has 0 saturated heterocycles. The number of carbonyl (C=O) groups is 1. The summed E-state index contributed by atoms with van der Waals surface area (Å²) in [6, 6.07) is 5.85. The summed E-state index contributed by atoms with van der Waals surface area (Å²) >= 11 is 0. The van der Waals surface area contributed by atoms with Gasteiger partial charge < -0.3 is 10.2 Å². The lowest BCUT2D eigenvalue weighted by atomic mass is 9.89. The molecule has 1 aromatic carbocycles. The molecule has 0 aliphatic rings. The maximum atomic E-state index is 13.5. The van der Waals surface area contributed by atoms with Gasteiger partial charge in [0.25, 0.3) is 0 Å². The highest BCUT2D eigenvalue weighted by molar-refractivity contribution is 5.76. The average Bonchev–Trinajstić information content (AvgIpc) is 2.18. The van der Waals surface area contributed by atoms with Crippen LogP contribution in [-0.4, -0.2) is 21.8 Å². The van der Waals surface area contributed by atoms with Crippen LogP contribution >= 0.6 is 0 Å². The van der Waals surface area contributed by atoms with Gasteiger partial charge in [0.15, 0.2) is 0 Å². The Balaban J connectivity index is 2.88. The fourth-order valence-corrected chi connectivity index (χ4v) is 1.67. The average molecular weight is 240 g/mol. The van der Waals surface area contributed by atoms with E-state index in [-0.39, 0.29) is 12.0 Å². The predicted molar refractivity (Wildman–Crippen MR) is 62.3 cm³/mol. The maximum absolute atomic E-state index is 13.5. The summed E-state index contributed by atoms with van der Waals surface area (Å²) in [6.07, 6.45) is 0.512. The first kappa shape index (κ1) is 13.6. The summed E-state index contributed by atoms with van der Waals surface area (Å²) in [5.41, 5.74) is -0.775. The molecule has 1 rings (SSSR count). The van der Waals surface area contributed by atoms with Crippen LogP contribution in [0.25, 0.3) is 0 Å². The van der Waals surface area contributed by atoms with E-state index in [1.54, 1.807) is 19.9 Å². The second kappa shape index (κ2) is 5.27. The first-order chi connectivity index (χ1) is 7.81. The first-order valence-corrected chi connectivity index (χ1v) is 5.51. The van der Waals surface area contributed by atoms with Gasteiger partial charge in [0, 0.05) is 5.56 Å². The molecule has 1 atom stereocenters. The second-order valence-corrected chi connectivity index (χ2v) is 4.76. The zero-order valence-corrected chi connectivity index (χ0v) is 9.98. The summed E-state index contributed by atoms with van der Waals surface area (Å²) in [6.45, 7) is 3.21. The third-order valence-electron chi connectivity index (χ3n) is 2.62. The van der Waals surface area contributed by atoms with E-state index in [1.807, 2.05) is 0 Å². The molecule has 3 nitrogen and oxygen atoms in total. The van der Waals surface area contributed by atoms with Gasteiger partial charge in [0.05, 0.1) is 11.5 Å². The maximum Gasteiger partial charge on any atom is 0.311 e. The molecule has 1 unspecified atom stereocenters. The fraction of sp³-hybridized carbons (Fsp3) is 0.462. The number of aliphatic carboxylic acids is 1. The van der Waals surface area contributed by atoms with Gasteiger partial charge in [-0.2, -0.15) is 0 Å². The van der Waals surface area contributed by atoms with Crippen LogP contribution in [0, 0.1) is 5.82 Å². The number of carboxylic acid groups (broad SMARTS) is 1. The zero-order chi connectivity index (χ0) is 13.1. The molecule has 1 aromatic rings. The van der Waals surface area contributed by atoms with E-state index >= 15 is 0 Å². The van der Waals surface area contributed by atoms with E-state index in [1.165, 1.54) is 18.2 Å². The predicted octanol–water partition coefficient (Wildman–Crippen LogP) is 2.55. The number of hydrogen-bond acceptors (Lipinski definition) is 2. The number of carboxylic acids is 1. The van der Waals surface area contributed by atoms with Gasteiger partial charge in [-0.15, -0.1) is 0 Å². The molecule has 0 saturated carbocycles. The van der Waals surface area contributed by atoms with Crippen molar-refractivity contribution < 1.29 is 19.4 Å². The van der Waals surface area contributed by atoms with Crippen LogP contribution in [-0.2, 0) is 4.79 Å². The second-order valence-electron chi connectivity index (χ2n) is 4.76. The molecule has 0 heterocycles. The first-order valence-electron chi connectivity index (χ1n) is 5.51. The molecule has 0 aliphatic carbocycles. The van der Waals surface area contributed by atoms with Gasteiger partial charge in [0.2, 0.25) is 0 Å². The third-order valence-corrected chi connectivity index (χ3v) is 2.62. The molecule has 0 radical (unpaired) electrons. The summed E-state index contributed by atoms with van der Waals surface area (Å²) in [4.78, 5) is 11.1. The Labute approximate surface area is 99.9 Å². The SMILES string of the molecule is CC(C)(O)CCC(C(=O)O)c1ccccc1F. The van der Waals surface area contributed by atoms with Crippen molar-refractivity contribution in [2.75, 3.05) is 0 Å². The lowest BCUT2D eigenvalue weighted by molar-refractivity contribution is -0.139. The Morgan fingerprint density at radius 3 is 2.47 bits per heavy atom. The summed E-state index contributed by atoms with van der Waals surface area (Å²) in [5, 5.41) is 18.7. The smallest absolute Gasteiger partial charge is 0.311 e. The van der Waals surface area contributed by atoms with Crippen LogP contribution in [0.5, 0.6) is 0 Å². The van der Waals surface area contributed by atoms with Gasteiger partial charge in [-0.3, -0.25) is 4.79 Å². The van der Waals surface area contributed by atoms with E-state index < -0.39 is 23.3 Å². The van der Waals surface area contributed by atoms with Gasteiger partial charge >= 0.3 is 5.97 Å². The summed E-state index contributed by atoms with van der Waals surface area (Å²) in [5.74, 6) is -2.50. The highest BCUT2D eigenvalue weighted by Gasteiger charge is 2.25. The van der Waals surface area contributed by atoms with E-state index in [9.17, 15) is 14.3 Å². The Morgan fingerprint density at radius 2 is 2.00 bits per heavy atom. The minimum Gasteiger partial charge on any atom is -0.481 e. The zero-order valence-electron chi connectivity index (χ0n) is 9.98. The van der Waals surface area contributed by atoms with E-state index in [4.69, 9.17) is 5.11 Å². The van der Waals surface area contributed by atoms with Crippen LogP contribution in [0.3, 0.4) is 0 Å². The van der Waals surface area contributed by atoms with E-state index in [0.29, 0.717) is 6.42 Å². The van der Waals surface area contributed by atoms with Crippen molar-refractivity contribution in [1.82, 2.24) is 0 Å². The highest BCUT2D eigenvalue weighted by atomic mass is 19.1. The molecular weight excluding hydrogens is 223 g/mol. The van der Waals surface area contributed by atoms with Gasteiger partial charge in [-0.25, -0.2) is 4.39 Å². The normalized spacial score (nSPS) is 13.4. The quantitative estimate of drug-likeness (QED) is 0.831. The molecule has 0 fully saturated rings. The van der Waals surface area contributed by atoms with Crippen molar-refractivity contribution in [3.05, 3.63) is 35.6 Å². The highest BCUT2D eigenvalue weighted by Crippen LogP contribution is 2.27. The molecule has 0 amide bonds. The van der Waals surface area contributed by atoms with Gasteiger partial charge in [-0.05, 0) is 32.8 Å². The van der Waals surface area contributed by atoms with Gasteiger partial charge in [-0.1, -0.05) is 18.2 Å². The molecular formula is C13H17FO3. The van der Waals surface area contributed by atoms with E-state index in [0.717, 1.165) is 0 Å². The van der Waals surface area contributed by atoms with Crippen molar-refractivity contribution in [2.24, 2.45) is 0 Å². The number of hydrogen-bond donors (Lipinski definition) is 2. The van der Waals surface area contributed by atoms with Crippen molar-refractivity contribution in [1.29, 1.82) is 0 Å². The van der Waals surface area contributed by atoms with Crippen LogP contribution in [0.2, 0.25) is 0 Å². The van der Waals surface area contributed by atoms with E-state index in [2.05, 4.69) is 0 Å². The molecule has 4 heteroatoms. The molecule has 0 aromatic heterocycles. The number of aliphatic hydroxyl groups is 1. The Hall–Kier alpha value is -1.42. The summed E-state index contributed by atoms with van der Waals surface area (Å²) < 4.78 is 13.5. The number of rotatable bonds is 5. The van der Waals surface area contributed by atoms with Crippen molar-refractivity contribution in [2.45, 2.75) is 38.2 Å². The fourth-order valence-electron chi connectivity index (χ4n) is 1.67. The molecule has 0 spiro atoms. The van der Waals surface area contributed by atoms with Crippen molar-refractivity contribution in [3.8, 4) is 0 Å². The lowest BCUT2D eigenvalue weighted by Crippen LogP contribution is -2.22. The Bertz CT molecular complexity index is 396. The van der Waals surface area contributed by atoms with Gasteiger partial charge in [0.1, 0.15) is 5.82 Å². The van der Waals surface area contributed by atoms with Crippen LogP contribution in [0.4, 0.5) is 4.39 Å². The van der Waals surface area contributed by atoms with Crippen LogP contribution in [0.1, 0.15) is 38.2 Å². The van der Waals surface area contributed by atoms with Crippen molar-refractivity contribution >= 4 is 5.97 Å². The Kier molecular flexibility index (Phi) is 4.23. The third kappa shape index (κ3) is 4.15. The molecule has 2 N–H and O–H groups in total. The minimum absolute atomic E-state index is 0.171. The molecule has 17 heavy (non-hydrogen) atoms.